The Morgan fingerprint density at radius 1 is 1.58 bits per heavy atom. The van der Waals surface area contributed by atoms with Gasteiger partial charge in [0, 0.05) is 20.3 Å². The molecule has 7 nitrogen and oxygen atoms in total. The molecule has 1 amide bonds. The molecule has 0 saturated heterocycles. The zero-order valence-corrected chi connectivity index (χ0v) is 12.0. The van der Waals surface area contributed by atoms with Crippen LogP contribution in [0.15, 0.2) is 4.52 Å². The zero-order valence-electron chi connectivity index (χ0n) is 12.0. The minimum Gasteiger partial charge on any atom is -0.385 e. The van der Waals surface area contributed by atoms with Crippen molar-refractivity contribution in [3.8, 4) is 0 Å². The lowest BCUT2D eigenvalue weighted by molar-refractivity contribution is -0.122. The van der Waals surface area contributed by atoms with Crippen molar-refractivity contribution in [1.29, 1.82) is 0 Å². The first-order valence-electron chi connectivity index (χ1n) is 6.30. The molecule has 1 atom stereocenters. The van der Waals surface area contributed by atoms with E-state index >= 15 is 0 Å². The molecule has 19 heavy (non-hydrogen) atoms. The van der Waals surface area contributed by atoms with Gasteiger partial charge in [0.15, 0.2) is 5.82 Å². The number of nitrogens with zero attached hydrogens (tertiary/aromatic N) is 3. The normalized spacial score (nSPS) is 12.7. The number of aryl methyl sites for hydroxylation is 1. The number of likely N-dealkylation sites (N-methyl/N-ethyl adjacent to an activating group) is 1. The van der Waals surface area contributed by atoms with Gasteiger partial charge in [-0.25, -0.2) is 0 Å². The molecule has 0 aliphatic rings. The molecule has 1 aromatic rings. The van der Waals surface area contributed by atoms with E-state index in [0.717, 1.165) is 6.42 Å². The molecule has 1 N–H and O–H groups in total. The number of amides is 1. The monoisotopic (exact) mass is 270 g/mol. The Morgan fingerprint density at radius 2 is 2.32 bits per heavy atom. The number of carbonyl (C=O) groups is 1. The molecule has 0 aliphatic carbocycles. The summed E-state index contributed by atoms with van der Waals surface area (Å²) in [5.41, 5.74) is 0. The third-order valence-corrected chi connectivity index (χ3v) is 2.80. The fourth-order valence-corrected chi connectivity index (χ4v) is 1.54. The van der Waals surface area contributed by atoms with Crippen LogP contribution in [0.4, 0.5) is 0 Å². The van der Waals surface area contributed by atoms with Crippen LogP contribution in [0, 0.1) is 6.92 Å². The number of hydrogen-bond acceptors (Lipinski definition) is 6. The Balaban J connectivity index is 2.33. The number of rotatable bonds is 8. The van der Waals surface area contributed by atoms with Crippen molar-refractivity contribution >= 4 is 5.91 Å². The van der Waals surface area contributed by atoms with E-state index in [1.54, 1.807) is 14.0 Å². The zero-order chi connectivity index (χ0) is 14.3. The van der Waals surface area contributed by atoms with Gasteiger partial charge in [-0.15, -0.1) is 0 Å². The molecular weight excluding hydrogens is 248 g/mol. The lowest BCUT2D eigenvalue weighted by Gasteiger charge is -2.20. The second kappa shape index (κ2) is 7.85. The second-order valence-electron chi connectivity index (χ2n) is 4.47. The number of ether oxygens (including phenoxy) is 1. The SMILES string of the molecule is COCCCNC(=O)CN(C)[C@H](C)c1nc(C)no1. The smallest absolute Gasteiger partial charge is 0.243 e. The van der Waals surface area contributed by atoms with Crippen molar-refractivity contribution in [1.82, 2.24) is 20.4 Å². The Labute approximate surface area is 113 Å². The summed E-state index contributed by atoms with van der Waals surface area (Å²) in [4.78, 5) is 17.7. The largest absolute Gasteiger partial charge is 0.385 e. The molecule has 0 unspecified atom stereocenters. The van der Waals surface area contributed by atoms with Crippen molar-refractivity contribution in [2.24, 2.45) is 0 Å². The molecule has 0 saturated carbocycles. The van der Waals surface area contributed by atoms with E-state index in [0.29, 0.717) is 24.9 Å². The van der Waals surface area contributed by atoms with Crippen LogP contribution in [0.25, 0.3) is 0 Å². The van der Waals surface area contributed by atoms with Gasteiger partial charge in [0.25, 0.3) is 0 Å². The predicted octanol–water partition coefficient (Wildman–Crippen LogP) is 0.524. The van der Waals surface area contributed by atoms with Gasteiger partial charge in [0.1, 0.15) is 0 Å². The molecule has 1 rings (SSSR count). The van der Waals surface area contributed by atoms with Gasteiger partial charge < -0.3 is 14.6 Å². The molecule has 0 radical (unpaired) electrons. The average Bonchev–Trinajstić information content (AvgIpc) is 2.80. The summed E-state index contributed by atoms with van der Waals surface area (Å²) in [6, 6.07) is -0.0917. The van der Waals surface area contributed by atoms with E-state index in [9.17, 15) is 4.79 Å². The van der Waals surface area contributed by atoms with E-state index in [2.05, 4.69) is 15.5 Å². The van der Waals surface area contributed by atoms with Gasteiger partial charge in [0.2, 0.25) is 11.8 Å². The summed E-state index contributed by atoms with van der Waals surface area (Å²) in [5.74, 6) is 1.09. The van der Waals surface area contributed by atoms with Crippen LogP contribution < -0.4 is 5.32 Å². The van der Waals surface area contributed by atoms with E-state index in [-0.39, 0.29) is 18.5 Å². The van der Waals surface area contributed by atoms with Crippen LogP contribution >= 0.6 is 0 Å². The van der Waals surface area contributed by atoms with Crippen molar-refractivity contribution in [2.75, 3.05) is 33.9 Å². The Hall–Kier alpha value is -1.47. The van der Waals surface area contributed by atoms with Crippen LogP contribution in [0.3, 0.4) is 0 Å². The first kappa shape index (κ1) is 15.6. The van der Waals surface area contributed by atoms with Crippen molar-refractivity contribution in [3.63, 3.8) is 0 Å². The highest BCUT2D eigenvalue weighted by Crippen LogP contribution is 2.15. The highest BCUT2D eigenvalue weighted by atomic mass is 16.5. The lowest BCUT2D eigenvalue weighted by Crippen LogP contribution is -2.37. The van der Waals surface area contributed by atoms with Crippen LogP contribution in [-0.4, -0.2) is 54.8 Å². The lowest BCUT2D eigenvalue weighted by atomic mass is 10.3. The summed E-state index contributed by atoms with van der Waals surface area (Å²) in [6.07, 6.45) is 0.810. The molecule has 0 aliphatic heterocycles. The third kappa shape index (κ3) is 5.35. The Morgan fingerprint density at radius 3 is 2.89 bits per heavy atom. The van der Waals surface area contributed by atoms with E-state index < -0.39 is 0 Å². The van der Waals surface area contributed by atoms with Crippen molar-refractivity contribution < 1.29 is 14.1 Å². The van der Waals surface area contributed by atoms with Gasteiger partial charge >= 0.3 is 0 Å². The van der Waals surface area contributed by atoms with Gasteiger partial charge in [-0.1, -0.05) is 5.16 Å². The van der Waals surface area contributed by atoms with Crippen LogP contribution in [-0.2, 0) is 9.53 Å². The summed E-state index contributed by atoms with van der Waals surface area (Å²) >= 11 is 0. The van der Waals surface area contributed by atoms with Gasteiger partial charge in [-0.05, 0) is 27.3 Å². The number of aromatic nitrogens is 2. The Kier molecular flexibility index (Phi) is 6.44. The van der Waals surface area contributed by atoms with Gasteiger partial charge in [-0.2, -0.15) is 4.98 Å². The maximum Gasteiger partial charge on any atom is 0.243 e. The van der Waals surface area contributed by atoms with Crippen molar-refractivity contribution in [2.45, 2.75) is 26.3 Å². The first-order valence-corrected chi connectivity index (χ1v) is 6.30. The minimum absolute atomic E-state index is 0.0262. The summed E-state index contributed by atoms with van der Waals surface area (Å²) < 4.78 is 10.0. The summed E-state index contributed by atoms with van der Waals surface area (Å²) in [5, 5.41) is 6.57. The number of nitrogens with one attached hydrogen (secondary N) is 1. The molecule has 1 aromatic heterocycles. The fraction of sp³-hybridized carbons (Fsp3) is 0.750. The van der Waals surface area contributed by atoms with Crippen molar-refractivity contribution in [3.05, 3.63) is 11.7 Å². The first-order chi connectivity index (χ1) is 9.04. The topological polar surface area (TPSA) is 80.5 Å². The van der Waals surface area contributed by atoms with Crippen LogP contribution in [0.5, 0.6) is 0 Å². The number of carbonyl (C=O) groups excluding carboxylic acids is 1. The fourth-order valence-electron chi connectivity index (χ4n) is 1.54. The summed E-state index contributed by atoms with van der Waals surface area (Å²) in [7, 11) is 3.49. The molecule has 0 fully saturated rings. The van der Waals surface area contributed by atoms with E-state index in [4.69, 9.17) is 9.26 Å². The third-order valence-electron chi connectivity index (χ3n) is 2.80. The molecule has 0 spiro atoms. The molecule has 0 bridgehead atoms. The highest BCUT2D eigenvalue weighted by Gasteiger charge is 2.19. The molecule has 7 heteroatoms. The number of methoxy groups -OCH3 is 1. The maximum absolute atomic E-state index is 11.7. The Bertz CT molecular complexity index is 394. The number of hydrogen-bond donors (Lipinski definition) is 1. The second-order valence-corrected chi connectivity index (χ2v) is 4.47. The quantitative estimate of drug-likeness (QED) is 0.694. The van der Waals surface area contributed by atoms with E-state index in [1.807, 2.05) is 18.9 Å². The predicted molar refractivity (Wildman–Crippen MR) is 69.6 cm³/mol. The highest BCUT2D eigenvalue weighted by molar-refractivity contribution is 5.77. The standard InChI is InChI=1S/C12H22N4O3/c1-9(12-14-10(2)15-19-12)16(3)8-11(17)13-6-5-7-18-4/h9H,5-8H2,1-4H3,(H,13,17)/t9-/m1/s1. The van der Waals surface area contributed by atoms with E-state index in [1.165, 1.54) is 0 Å². The average molecular weight is 270 g/mol. The minimum atomic E-state index is -0.0917. The van der Waals surface area contributed by atoms with Gasteiger partial charge in [-0.3, -0.25) is 9.69 Å². The molecule has 0 aromatic carbocycles. The van der Waals surface area contributed by atoms with Crippen LogP contribution in [0.2, 0.25) is 0 Å². The van der Waals surface area contributed by atoms with Crippen LogP contribution in [0.1, 0.15) is 31.1 Å². The summed E-state index contributed by atoms with van der Waals surface area (Å²) in [6.45, 7) is 5.24. The molecular formula is C12H22N4O3. The molecule has 108 valence electrons. The van der Waals surface area contributed by atoms with Gasteiger partial charge in [0.05, 0.1) is 12.6 Å². The molecule has 1 heterocycles. The maximum atomic E-state index is 11.7.